The Morgan fingerprint density at radius 3 is 2.53 bits per heavy atom. The van der Waals surface area contributed by atoms with E-state index in [1.807, 2.05) is 10.9 Å². The molecule has 1 aromatic rings. The van der Waals surface area contributed by atoms with Crippen molar-refractivity contribution in [1.82, 2.24) is 9.78 Å². The quantitative estimate of drug-likeness (QED) is 0.815. The molecule has 1 aliphatic carbocycles. The van der Waals surface area contributed by atoms with Crippen LogP contribution in [0.3, 0.4) is 0 Å². The Bertz CT molecular complexity index is 335. The Morgan fingerprint density at radius 1 is 1.29 bits per heavy atom. The third-order valence-electron chi connectivity index (χ3n) is 4.19. The zero-order chi connectivity index (χ0) is 12.1. The van der Waals surface area contributed by atoms with Crippen molar-refractivity contribution < 1.29 is 0 Å². The normalized spacial score (nSPS) is 20.1. The van der Waals surface area contributed by atoms with Gasteiger partial charge in [0.05, 0.1) is 6.20 Å². The lowest BCUT2D eigenvalue weighted by Gasteiger charge is -2.31. The number of hydrogen-bond donors (Lipinski definition) is 1. The second kappa shape index (κ2) is 5.67. The van der Waals surface area contributed by atoms with E-state index in [2.05, 4.69) is 18.2 Å². The van der Waals surface area contributed by atoms with Gasteiger partial charge in [-0.15, -0.1) is 0 Å². The van der Waals surface area contributed by atoms with E-state index in [4.69, 9.17) is 5.73 Å². The smallest absolute Gasteiger partial charge is 0.0521 e. The van der Waals surface area contributed by atoms with E-state index in [0.717, 1.165) is 19.5 Å². The van der Waals surface area contributed by atoms with Crippen LogP contribution in [0.2, 0.25) is 0 Å². The van der Waals surface area contributed by atoms with Gasteiger partial charge in [0.1, 0.15) is 0 Å². The summed E-state index contributed by atoms with van der Waals surface area (Å²) in [6.07, 6.45) is 13.4. The Hall–Kier alpha value is -0.830. The van der Waals surface area contributed by atoms with Gasteiger partial charge >= 0.3 is 0 Å². The van der Waals surface area contributed by atoms with Gasteiger partial charge in [0.15, 0.2) is 0 Å². The van der Waals surface area contributed by atoms with E-state index in [1.54, 1.807) is 0 Å². The molecule has 2 rings (SSSR count). The monoisotopic (exact) mass is 235 g/mol. The van der Waals surface area contributed by atoms with E-state index in [0.29, 0.717) is 5.41 Å². The first-order chi connectivity index (χ1) is 8.28. The van der Waals surface area contributed by atoms with Crippen LogP contribution in [0.4, 0.5) is 0 Å². The van der Waals surface area contributed by atoms with E-state index in [-0.39, 0.29) is 0 Å². The summed E-state index contributed by atoms with van der Waals surface area (Å²) in [4.78, 5) is 0. The summed E-state index contributed by atoms with van der Waals surface area (Å²) in [7, 11) is 0. The average Bonchev–Trinajstić information content (AvgIpc) is 2.67. The first-order valence-corrected chi connectivity index (χ1v) is 6.99. The van der Waals surface area contributed by atoms with Crippen molar-refractivity contribution in [3.63, 3.8) is 0 Å². The fourth-order valence-electron chi connectivity index (χ4n) is 3.04. The molecule has 0 spiro atoms. The molecule has 0 atom stereocenters. The number of nitrogens with zero attached hydrogens (tertiary/aromatic N) is 2. The van der Waals surface area contributed by atoms with E-state index in [1.165, 1.54) is 44.1 Å². The van der Waals surface area contributed by atoms with Crippen LogP contribution in [0.15, 0.2) is 12.4 Å². The molecule has 1 aromatic heterocycles. The Kier molecular flexibility index (Phi) is 4.21. The maximum absolute atomic E-state index is 6.07. The summed E-state index contributed by atoms with van der Waals surface area (Å²) in [6.45, 7) is 3.90. The van der Waals surface area contributed by atoms with Crippen LogP contribution in [0.5, 0.6) is 0 Å². The molecule has 1 aliphatic rings. The summed E-state index contributed by atoms with van der Waals surface area (Å²) in [5.41, 5.74) is 7.77. The van der Waals surface area contributed by atoms with E-state index >= 15 is 0 Å². The van der Waals surface area contributed by atoms with Crippen LogP contribution >= 0.6 is 0 Å². The van der Waals surface area contributed by atoms with Crippen molar-refractivity contribution in [3.05, 3.63) is 18.0 Å². The van der Waals surface area contributed by atoms with E-state index < -0.39 is 0 Å². The van der Waals surface area contributed by atoms with Crippen LogP contribution < -0.4 is 5.73 Å². The molecular formula is C14H25N3. The molecule has 0 radical (unpaired) electrons. The molecular weight excluding hydrogens is 210 g/mol. The Balaban J connectivity index is 2.06. The molecule has 0 aromatic carbocycles. The summed E-state index contributed by atoms with van der Waals surface area (Å²) in [6, 6.07) is 0. The number of hydrogen-bond acceptors (Lipinski definition) is 2. The highest BCUT2D eigenvalue weighted by Gasteiger charge is 2.30. The number of rotatable bonds is 4. The molecule has 0 unspecified atom stereocenters. The van der Waals surface area contributed by atoms with Crippen LogP contribution in [-0.2, 0) is 13.0 Å². The van der Waals surface area contributed by atoms with Crippen molar-refractivity contribution in [2.24, 2.45) is 11.1 Å². The summed E-state index contributed by atoms with van der Waals surface area (Å²) in [5.74, 6) is 0. The Labute approximate surface area is 104 Å². The first-order valence-electron chi connectivity index (χ1n) is 6.99. The zero-order valence-corrected chi connectivity index (χ0v) is 11.0. The van der Waals surface area contributed by atoms with Crippen LogP contribution in [-0.4, -0.2) is 16.3 Å². The van der Waals surface area contributed by atoms with Crippen LogP contribution in [0, 0.1) is 5.41 Å². The SMILES string of the molecule is CCn1cc(CC2(CN)CCCCCC2)cn1. The fourth-order valence-corrected chi connectivity index (χ4v) is 3.04. The van der Waals surface area contributed by atoms with Gasteiger partial charge in [-0.05, 0) is 43.7 Å². The minimum atomic E-state index is 0.345. The largest absolute Gasteiger partial charge is 0.330 e. The number of aryl methyl sites for hydroxylation is 1. The van der Waals surface area contributed by atoms with Gasteiger partial charge in [-0.3, -0.25) is 4.68 Å². The standard InChI is InChI=1S/C14H25N3/c1-2-17-11-13(10-16-17)9-14(12-15)7-5-3-4-6-8-14/h10-11H,2-9,12,15H2,1H3. The molecule has 1 saturated carbocycles. The maximum Gasteiger partial charge on any atom is 0.0521 e. The predicted octanol–water partition coefficient (Wildman–Crippen LogP) is 2.74. The molecule has 2 N–H and O–H groups in total. The third-order valence-corrected chi connectivity index (χ3v) is 4.19. The topological polar surface area (TPSA) is 43.8 Å². The predicted molar refractivity (Wildman–Crippen MR) is 70.8 cm³/mol. The average molecular weight is 235 g/mol. The summed E-state index contributed by atoms with van der Waals surface area (Å²) < 4.78 is 2.01. The maximum atomic E-state index is 6.07. The second-order valence-electron chi connectivity index (χ2n) is 5.50. The van der Waals surface area contributed by atoms with Crippen molar-refractivity contribution in [2.45, 2.75) is 58.4 Å². The molecule has 0 bridgehead atoms. The number of aromatic nitrogens is 2. The van der Waals surface area contributed by atoms with Gasteiger partial charge in [0, 0.05) is 12.7 Å². The van der Waals surface area contributed by atoms with Gasteiger partial charge < -0.3 is 5.73 Å². The van der Waals surface area contributed by atoms with Crippen molar-refractivity contribution >= 4 is 0 Å². The van der Waals surface area contributed by atoms with Gasteiger partial charge in [0.25, 0.3) is 0 Å². The van der Waals surface area contributed by atoms with Gasteiger partial charge in [-0.25, -0.2) is 0 Å². The molecule has 96 valence electrons. The molecule has 1 heterocycles. The lowest BCUT2D eigenvalue weighted by atomic mass is 9.76. The zero-order valence-electron chi connectivity index (χ0n) is 11.0. The van der Waals surface area contributed by atoms with Gasteiger partial charge in [-0.2, -0.15) is 5.10 Å². The number of nitrogens with two attached hydrogens (primary N) is 1. The minimum absolute atomic E-state index is 0.345. The van der Waals surface area contributed by atoms with Gasteiger partial charge in [0.2, 0.25) is 0 Å². The van der Waals surface area contributed by atoms with Crippen molar-refractivity contribution in [1.29, 1.82) is 0 Å². The van der Waals surface area contributed by atoms with Crippen molar-refractivity contribution in [2.75, 3.05) is 6.54 Å². The summed E-state index contributed by atoms with van der Waals surface area (Å²) in [5, 5.41) is 4.36. The Morgan fingerprint density at radius 2 is 2.00 bits per heavy atom. The first kappa shape index (κ1) is 12.6. The lowest BCUT2D eigenvalue weighted by molar-refractivity contribution is 0.252. The molecule has 0 amide bonds. The fraction of sp³-hybridized carbons (Fsp3) is 0.786. The van der Waals surface area contributed by atoms with Crippen LogP contribution in [0.25, 0.3) is 0 Å². The van der Waals surface area contributed by atoms with Crippen LogP contribution in [0.1, 0.15) is 51.0 Å². The highest BCUT2D eigenvalue weighted by atomic mass is 15.3. The van der Waals surface area contributed by atoms with Gasteiger partial charge in [-0.1, -0.05) is 25.7 Å². The molecule has 0 aliphatic heterocycles. The highest BCUT2D eigenvalue weighted by Crippen LogP contribution is 2.37. The molecule has 1 fully saturated rings. The highest BCUT2D eigenvalue weighted by molar-refractivity contribution is 5.08. The molecule has 3 nitrogen and oxygen atoms in total. The minimum Gasteiger partial charge on any atom is -0.330 e. The second-order valence-corrected chi connectivity index (χ2v) is 5.50. The summed E-state index contributed by atoms with van der Waals surface area (Å²) >= 11 is 0. The van der Waals surface area contributed by atoms with E-state index in [9.17, 15) is 0 Å². The molecule has 3 heteroatoms. The molecule has 0 saturated heterocycles. The third kappa shape index (κ3) is 3.09. The molecule has 17 heavy (non-hydrogen) atoms. The van der Waals surface area contributed by atoms with Crippen molar-refractivity contribution in [3.8, 4) is 0 Å². The lowest BCUT2D eigenvalue weighted by Crippen LogP contribution is -2.32.